The first-order valence-corrected chi connectivity index (χ1v) is 10.1. The molecule has 0 amide bonds. The molecule has 0 saturated carbocycles. The van der Waals surface area contributed by atoms with Crippen LogP contribution < -0.4 is 16.0 Å². The maximum Gasteiger partial charge on any atom is 0.132 e. The number of nitrogens with zero attached hydrogens (tertiary/aromatic N) is 3. The van der Waals surface area contributed by atoms with E-state index in [0.29, 0.717) is 27.8 Å². The van der Waals surface area contributed by atoms with Crippen LogP contribution in [0.2, 0.25) is 5.02 Å². The minimum absolute atomic E-state index is 0.0720. The lowest BCUT2D eigenvalue weighted by Crippen LogP contribution is -2.49. The van der Waals surface area contributed by atoms with Crippen LogP contribution in [0.15, 0.2) is 48.8 Å². The lowest BCUT2D eigenvalue weighted by Gasteiger charge is -2.33. The summed E-state index contributed by atoms with van der Waals surface area (Å²) in [7, 11) is 0. The molecule has 0 radical (unpaired) electrons. The number of allylic oxidation sites excluding steroid dienone is 1. The number of rotatable bonds is 4. The highest BCUT2D eigenvalue weighted by Gasteiger charge is 2.19. The van der Waals surface area contributed by atoms with Gasteiger partial charge >= 0.3 is 0 Å². The Morgan fingerprint density at radius 3 is 2.90 bits per heavy atom. The van der Waals surface area contributed by atoms with Gasteiger partial charge in [-0.1, -0.05) is 11.6 Å². The monoisotopic (exact) mass is 424 g/mol. The van der Waals surface area contributed by atoms with Crippen LogP contribution in [-0.4, -0.2) is 41.4 Å². The number of piperazine rings is 1. The fraction of sp³-hybridized carbons (Fsp3) is 0.227. The van der Waals surface area contributed by atoms with Crippen molar-refractivity contribution in [2.24, 2.45) is 5.73 Å². The van der Waals surface area contributed by atoms with Gasteiger partial charge in [0.1, 0.15) is 5.82 Å². The molecule has 1 aliphatic rings. The van der Waals surface area contributed by atoms with E-state index in [-0.39, 0.29) is 11.3 Å². The first-order valence-electron chi connectivity index (χ1n) is 9.68. The third-order valence-electron chi connectivity index (χ3n) is 5.17. The lowest BCUT2D eigenvalue weighted by molar-refractivity contribution is 0.484. The summed E-state index contributed by atoms with van der Waals surface area (Å²) in [6.45, 7) is 4.84. The summed E-state index contributed by atoms with van der Waals surface area (Å²) < 4.78 is 14.3. The molecule has 1 atom stereocenters. The van der Waals surface area contributed by atoms with Crippen LogP contribution in [0, 0.1) is 11.2 Å². The summed E-state index contributed by atoms with van der Waals surface area (Å²) in [5.41, 5.74) is 9.02. The van der Waals surface area contributed by atoms with Gasteiger partial charge in [0.05, 0.1) is 34.3 Å². The fourth-order valence-electron chi connectivity index (χ4n) is 3.62. The van der Waals surface area contributed by atoms with E-state index in [4.69, 9.17) is 22.7 Å². The number of nitrogens with one attached hydrogen (secondary N) is 2. The summed E-state index contributed by atoms with van der Waals surface area (Å²) in [5, 5.41) is 12.2. The Bertz CT molecular complexity index is 1150. The molecular weight excluding hydrogens is 403 g/mol. The highest BCUT2D eigenvalue weighted by molar-refractivity contribution is 6.33. The Balaban J connectivity index is 1.70. The number of halogens is 2. The zero-order valence-corrected chi connectivity index (χ0v) is 17.2. The number of fused-ring (bicyclic) bond motifs is 1. The quantitative estimate of drug-likeness (QED) is 0.557. The zero-order valence-electron chi connectivity index (χ0n) is 16.5. The second-order valence-electron chi connectivity index (χ2n) is 7.31. The van der Waals surface area contributed by atoms with Crippen molar-refractivity contribution in [1.82, 2.24) is 15.3 Å². The first-order chi connectivity index (χ1) is 14.5. The molecule has 8 heteroatoms. The van der Waals surface area contributed by atoms with Crippen molar-refractivity contribution in [2.45, 2.75) is 13.0 Å². The van der Waals surface area contributed by atoms with E-state index in [0.717, 1.165) is 30.8 Å². The molecule has 1 fully saturated rings. The van der Waals surface area contributed by atoms with Gasteiger partial charge < -0.3 is 16.0 Å². The number of anilines is 1. The molecule has 1 unspecified atom stereocenters. The van der Waals surface area contributed by atoms with Gasteiger partial charge in [-0.3, -0.25) is 10.4 Å². The number of nitrogens with two attached hydrogens (primary N) is 1. The molecule has 6 nitrogen and oxygen atoms in total. The van der Waals surface area contributed by atoms with E-state index in [1.165, 1.54) is 24.4 Å². The Morgan fingerprint density at radius 1 is 1.30 bits per heavy atom. The molecule has 4 N–H and O–H groups in total. The summed E-state index contributed by atoms with van der Waals surface area (Å²) in [4.78, 5) is 11.5. The molecule has 0 bridgehead atoms. The van der Waals surface area contributed by atoms with Gasteiger partial charge in [0, 0.05) is 48.0 Å². The lowest BCUT2D eigenvalue weighted by atomic mass is 9.99. The topological polar surface area (TPSA) is 90.9 Å². The molecule has 2 aromatic heterocycles. The maximum absolute atomic E-state index is 14.3. The first kappa shape index (κ1) is 20.3. The normalized spacial score (nSPS) is 17.4. The van der Waals surface area contributed by atoms with Crippen LogP contribution >= 0.6 is 11.6 Å². The van der Waals surface area contributed by atoms with Crippen molar-refractivity contribution in [3.63, 3.8) is 0 Å². The summed E-state index contributed by atoms with van der Waals surface area (Å²) in [6.07, 6.45) is 3.12. The summed E-state index contributed by atoms with van der Waals surface area (Å²) >= 11 is 5.99. The predicted molar refractivity (Wildman–Crippen MR) is 120 cm³/mol. The van der Waals surface area contributed by atoms with Crippen molar-refractivity contribution in [2.75, 3.05) is 24.5 Å². The molecule has 3 aromatic rings. The molecule has 4 rings (SSSR count). The Kier molecular flexibility index (Phi) is 5.65. The predicted octanol–water partition coefficient (Wildman–Crippen LogP) is 3.59. The SMILES string of the molecule is CC1CN(c2cnc3ccc(/C(=C/N)C(=N)c4cc(Cl)ccc4F)nc3c2)CCN1. The van der Waals surface area contributed by atoms with Gasteiger partial charge in [0.15, 0.2) is 0 Å². The second kappa shape index (κ2) is 8.38. The highest BCUT2D eigenvalue weighted by Crippen LogP contribution is 2.25. The van der Waals surface area contributed by atoms with Crippen molar-refractivity contribution in [1.29, 1.82) is 5.41 Å². The van der Waals surface area contributed by atoms with Crippen LogP contribution in [0.5, 0.6) is 0 Å². The average Bonchev–Trinajstić information content (AvgIpc) is 2.75. The van der Waals surface area contributed by atoms with E-state index in [1.807, 2.05) is 18.3 Å². The van der Waals surface area contributed by atoms with Gasteiger partial charge in [-0.2, -0.15) is 0 Å². The van der Waals surface area contributed by atoms with E-state index < -0.39 is 5.82 Å². The smallest absolute Gasteiger partial charge is 0.132 e. The van der Waals surface area contributed by atoms with Gasteiger partial charge in [0.25, 0.3) is 0 Å². The second-order valence-corrected chi connectivity index (χ2v) is 7.75. The number of benzene rings is 1. The molecule has 154 valence electrons. The number of hydrogen-bond donors (Lipinski definition) is 3. The van der Waals surface area contributed by atoms with Crippen LogP contribution in [0.1, 0.15) is 18.2 Å². The van der Waals surface area contributed by atoms with Gasteiger partial charge in [0.2, 0.25) is 0 Å². The van der Waals surface area contributed by atoms with Crippen molar-refractivity contribution in [3.8, 4) is 0 Å². The van der Waals surface area contributed by atoms with Crippen LogP contribution in [-0.2, 0) is 0 Å². The van der Waals surface area contributed by atoms with Crippen molar-refractivity contribution in [3.05, 3.63) is 70.9 Å². The molecule has 3 heterocycles. The molecule has 1 saturated heterocycles. The Morgan fingerprint density at radius 2 is 2.13 bits per heavy atom. The molecule has 0 spiro atoms. The highest BCUT2D eigenvalue weighted by atomic mass is 35.5. The van der Waals surface area contributed by atoms with E-state index in [9.17, 15) is 4.39 Å². The maximum atomic E-state index is 14.3. The van der Waals surface area contributed by atoms with Crippen LogP contribution in [0.4, 0.5) is 10.1 Å². The molecule has 30 heavy (non-hydrogen) atoms. The van der Waals surface area contributed by atoms with E-state index in [1.54, 1.807) is 6.07 Å². The van der Waals surface area contributed by atoms with E-state index >= 15 is 0 Å². The van der Waals surface area contributed by atoms with Crippen molar-refractivity contribution >= 4 is 39.6 Å². The number of hydrogen-bond acceptors (Lipinski definition) is 6. The molecule has 1 aliphatic heterocycles. The minimum atomic E-state index is -0.540. The van der Waals surface area contributed by atoms with Gasteiger partial charge in [-0.15, -0.1) is 0 Å². The summed E-state index contributed by atoms with van der Waals surface area (Å²) in [5.74, 6) is -0.540. The van der Waals surface area contributed by atoms with Crippen LogP contribution in [0.3, 0.4) is 0 Å². The molecular formula is C22H22ClFN6. The van der Waals surface area contributed by atoms with Crippen LogP contribution in [0.25, 0.3) is 16.6 Å². The number of pyridine rings is 2. The summed E-state index contributed by atoms with van der Waals surface area (Å²) in [6, 6.07) is 10.0. The molecule has 1 aromatic carbocycles. The van der Waals surface area contributed by atoms with Crippen molar-refractivity contribution < 1.29 is 4.39 Å². The Labute approximate surface area is 179 Å². The number of aromatic nitrogens is 2. The average molecular weight is 425 g/mol. The Hall–Kier alpha value is -3.03. The third kappa shape index (κ3) is 3.99. The fourth-order valence-corrected chi connectivity index (χ4v) is 3.79. The molecule has 0 aliphatic carbocycles. The van der Waals surface area contributed by atoms with Gasteiger partial charge in [-0.25, -0.2) is 9.37 Å². The van der Waals surface area contributed by atoms with Gasteiger partial charge in [-0.05, 0) is 43.3 Å². The van der Waals surface area contributed by atoms with E-state index in [2.05, 4.69) is 27.1 Å². The largest absolute Gasteiger partial charge is 0.404 e. The standard InChI is InChI=1S/C22H22ClFN6/c1-13-12-30(7-6-27-13)15-9-21-20(28-11-15)5-4-19(29-21)17(10-25)22(26)16-8-14(23)2-3-18(16)24/h2-5,8-11,13,26-27H,6-7,12,25H2,1H3/b17-10-,26-22?. The minimum Gasteiger partial charge on any atom is -0.404 e. The zero-order chi connectivity index (χ0) is 21.3. The third-order valence-corrected chi connectivity index (χ3v) is 5.40.